The van der Waals surface area contributed by atoms with Crippen LogP contribution in [0.5, 0.6) is 0 Å². The largest absolute Gasteiger partial charge is 0.308 e. The van der Waals surface area contributed by atoms with Crippen LogP contribution >= 0.6 is 24.0 Å². The van der Waals surface area contributed by atoms with Crippen LogP contribution in [0.25, 0.3) is 0 Å². The molecule has 1 aliphatic heterocycles. The summed E-state index contributed by atoms with van der Waals surface area (Å²) in [6.07, 6.45) is 0. The van der Waals surface area contributed by atoms with Crippen LogP contribution in [0.15, 0.2) is 34.5 Å². The van der Waals surface area contributed by atoms with Gasteiger partial charge in [0.05, 0.1) is 5.69 Å². The highest BCUT2D eigenvalue weighted by atomic mass is 32.2. The van der Waals surface area contributed by atoms with E-state index in [4.69, 9.17) is 12.2 Å². The third-order valence-corrected chi connectivity index (χ3v) is 3.32. The quantitative estimate of drug-likeness (QED) is 0.648. The molecule has 1 unspecified atom stereocenters. The van der Waals surface area contributed by atoms with E-state index in [0.717, 1.165) is 17.4 Å². The van der Waals surface area contributed by atoms with Gasteiger partial charge in [-0.05, 0) is 30.8 Å². The van der Waals surface area contributed by atoms with Gasteiger partial charge in [-0.3, -0.25) is 4.79 Å². The Morgan fingerprint density at radius 3 is 2.62 bits per heavy atom. The molecule has 1 amide bonds. The fraction of sp³-hybridized carbons (Fsp3) is 0.200. The lowest BCUT2D eigenvalue weighted by Gasteiger charge is -1.98. The van der Waals surface area contributed by atoms with E-state index in [-0.39, 0.29) is 10.6 Å². The van der Waals surface area contributed by atoms with Gasteiger partial charge in [0, 0.05) is 0 Å². The van der Waals surface area contributed by atoms with Gasteiger partial charge in [-0.15, -0.1) is 0 Å². The Morgan fingerprint density at radius 1 is 1.38 bits per heavy atom. The fourth-order valence-electron chi connectivity index (χ4n) is 1.15. The lowest BCUT2D eigenvalue weighted by molar-refractivity contribution is 0.265. The van der Waals surface area contributed by atoms with E-state index in [1.807, 2.05) is 31.2 Å². The molecule has 1 aromatic rings. The minimum absolute atomic E-state index is 0.169. The number of rotatable bonds is 2. The van der Waals surface area contributed by atoms with Gasteiger partial charge in [-0.25, -0.2) is 0 Å². The van der Waals surface area contributed by atoms with Gasteiger partial charge in [0.25, 0.3) is 5.24 Å². The van der Waals surface area contributed by atoms with Crippen LogP contribution in [0.3, 0.4) is 0 Å². The first-order valence-corrected chi connectivity index (χ1v) is 5.93. The molecule has 1 saturated heterocycles. The van der Waals surface area contributed by atoms with Crippen molar-refractivity contribution in [2.24, 2.45) is 10.2 Å². The number of azo groups is 1. The highest BCUT2D eigenvalue weighted by Crippen LogP contribution is 2.23. The van der Waals surface area contributed by atoms with E-state index in [0.29, 0.717) is 4.99 Å². The van der Waals surface area contributed by atoms with Gasteiger partial charge in [0.1, 0.15) is 4.99 Å². The molecule has 1 atom stereocenters. The van der Waals surface area contributed by atoms with E-state index in [9.17, 15) is 4.79 Å². The zero-order valence-corrected chi connectivity index (χ0v) is 10.1. The first kappa shape index (κ1) is 11.2. The Morgan fingerprint density at radius 2 is 2.06 bits per heavy atom. The number of nitrogens with one attached hydrogen (secondary N) is 1. The second-order valence-corrected chi connectivity index (χ2v) is 4.79. The maximum atomic E-state index is 11.0. The topological polar surface area (TPSA) is 53.8 Å². The average molecular weight is 251 g/mol. The maximum Gasteiger partial charge on any atom is 0.286 e. The molecule has 0 bridgehead atoms. The number of hydrogen-bond donors (Lipinski definition) is 1. The number of carbonyl (C=O) groups is 1. The third kappa shape index (κ3) is 2.65. The number of thioether (sulfide) groups is 1. The van der Waals surface area contributed by atoms with Crippen LogP contribution in [0.4, 0.5) is 10.5 Å². The maximum absolute atomic E-state index is 11.0. The zero-order valence-electron chi connectivity index (χ0n) is 8.51. The van der Waals surface area contributed by atoms with Gasteiger partial charge in [-0.2, -0.15) is 10.2 Å². The molecule has 0 spiro atoms. The normalized spacial score (nSPS) is 20.4. The minimum Gasteiger partial charge on any atom is -0.308 e. The van der Waals surface area contributed by atoms with Gasteiger partial charge < -0.3 is 5.32 Å². The molecule has 4 nitrogen and oxygen atoms in total. The van der Waals surface area contributed by atoms with Gasteiger partial charge in [0.15, 0.2) is 5.37 Å². The molecule has 0 saturated carbocycles. The molecule has 1 heterocycles. The number of hydrogen-bond acceptors (Lipinski definition) is 5. The van der Waals surface area contributed by atoms with Crippen molar-refractivity contribution in [1.29, 1.82) is 0 Å². The Hall–Kier alpha value is -1.27. The number of aryl methyl sites for hydroxylation is 1. The van der Waals surface area contributed by atoms with Crippen molar-refractivity contribution < 1.29 is 4.79 Å². The lowest BCUT2D eigenvalue weighted by atomic mass is 10.2. The summed E-state index contributed by atoms with van der Waals surface area (Å²) in [6, 6.07) is 7.66. The van der Waals surface area contributed by atoms with Gasteiger partial charge in [-0.1, -0.05) is 29.9 Å². The summed E-state index contributed by atoms with van der Waals surface area (Å²) in [5.41, 5.74) is 1.93. The lowest BCUT2D eigenvalue weighted by Crippen LogP contribution is -2.20. The van der Waals surface area contributed by atoms with E-state index in [2.05, 4.69) is 15.5 Å². The highest BCUT2D eigenvalue weighted by Gasteiger charge is 2.27. The number of nitrogens with zero attached hydrogens (tertiary/aromatic N) is 2. The second kappa shape index (κ2) is 4.71. The Balaban J connectivity index is 2.07. The summed E-state index contributed by atoms with van der Waals surface area (Å²) in [4.78, 5) is 11.4. The molecular weight excluding hydrogens is 242 g/mol. The van der Waals surface area contributed by atoms with Gasteiger partial charge in [0.2, 0.25) is 0 Å². The number of carbonyl (C=O) groups excluding carboxylic acids is 1. The molecule has 82 valence electrons. The molecule has 1 aromatic carbocycles. The summed E-state index contributed by atoms with van der Waals surface area (Å²) in [7, 11) is 0. The molecule has 1 aliphatic rings. The van der Waals surface area contributed by atoms with E-state index in [1.165, 1.54) is 5.56 Å². The molecule has 1 N–H and O–H groups in total. The highest BCUT2D eigenvalue weighted by molar-refractivity contribution is 8.16. The molecule has 0 radical (unpaired) electrons. The van der Waals surface area contributed by atoms with Crippen molar-refractivity contribution in [3.63, 3.8) is 0 Å². The summed E-state index contributed by atoms with van der Waals surface area (Å²) >= 11 is 5.99. The molecule has 6 heteroatoms. The molecule has 0 aromatic heterocycles. The van der Waals surface area contributed by atoms with Gasteiger partial charge >= 0.3 is 0 Å². The van der Waals surface area contributed by atoms with Crippen LogP contribution in [0.2, 0.25) is 0 Å². The van der Waals surface area contributed by atoms with Crippen LogP contribution in [0, 0.1) is 6.92 Å². The molecule has 16 heavy (non-hydrogen) atoms. The molecular formula is C10H9N3OS2. The predicted octanol–water partition coefficient (Wildman–Crippen LogP) is 3.19. The molecule has 2 rings (SSSR count). The smallest absolute Gasteiger partial charge is 0.286 e. The second-order valence-electron chi connectivity index (χ2n) is 3.30. The third-order valence-electron chi connectivity index (χ3n) is 1.98. The fourth-order valence-corrected chi connectivity index (χ4v) is 2.13. The van der Waals surface area contributed by atoms with Crippen molar-refractivity contribution in [3.8, 4) is 0 Å². The summed E-state index contributed by atoms with van der Waals surface area (Å²) in [5, 5.41) is 10.0. The molecule has 0 aliphatic carbocycles. The standard InChI is InChI=1S/C10H9N3OS2/c1-6-2-4-7(5-3-6)12-13-9-8(15)11-10(14)16-9/h2-5,9H,1H3,(H,11,14,15). The molecule has 1 fully saturated rings. The Bertz CT molecular complexity index is 456. The number of benzene rings is 1. The zero-order chi connectivity index (χ0) is 11.5. The predicted molar refractivity (Wildman–Crippen MR) is 68.2 cm³/mol. The first-order valence-electron chi connectivity index (χ1n) is 4.64. The summed E-state index contributed by atoms with van der Waals surface area (Å²) in [6.45, 7) is 2.01. The van der Waals surface area contributed by atoms with Crippen molar-refractivity contribution >= 4 is 39.9 Å². The number of amides is 1. The van der Waals surface area contributed by atoms with Crippen molar-refractivity contribution in [1.82, 2.24) is 5.32 Å². The van der Waals surface area contributed by atoms with E-state index in [1.54, 1.807) is 0 Å². The Labute approximate surface area is 103 Å². The van der Waals surface area contributed by atoms with Crippen LogP contribution in [-0.2, 0) is 0 Å². The minimum atomic E-state index is -0.385. The average Bonchev–Trinajstić information content (AvgIpc) is 2.57. The SMILES string of the molecule is Cc1ccc(N=NC2SC(=O)NC2=S)cc1. The van der Waals surface area contributed by atoms with Crippen molar-refractivity contribution in [2.45, 2.75) is 12.3 Å². The number of thiocarbonyl (C=S) groups is 1. The Kier molecular flexibility index (Phi) is 3.31. The van der Waals surface area contributed by atoms with E-state index < -0.39 is 0 Å². The summed E-state index contributed by atoms with van der Waals surface area (Å²) < 4.78 is 0. The first-order chi connectivity index (χ1) is 7.65. The van der Waals surface area contributed by atoms with Crippen LogP contribution in [0.1, 0.15) is 5.56 Å². The van der Waals surface area contributed by atoms with Crippen molar-refractivity contribution in [2.75, 3.05) is 0 Å². The van der Waals surface area contributed by atoms with Crippen LogP contribution < -0.4 is 5.32 Å². The van der Waals surface area contributed by atoms with E-state index >= 15 is 0 Å². The summed E-state index contributed by atoms with van der Waals surface area (Å²) in [5.74, 6) is 0. The van der Waals surface area contributed by atoms with Crippen LogP contribution in [-0.4, -0.2) is 15.6 Å². The van der Waals surface area contributed by atoms with Crippen molar-refractivity contribution in [3.05, 3.63) is 29.8 Å². The monoisotopic (exact) mass is 251 g/mol.